The lowest BCUT2D eigenvalue weighted by molar-refractivity contribution is -0.139. The molecule has 35 heavy (non-hydrogen) atoms. The summed E-state index contributed by atoms with van der Waals surface area (Å²) in [5.41, 5.74) is 4.56. The van der Waals surface area contributed by atoms with Gasteiger partial charge in [0.15, 0.2) is 0 Å². The largest absolute Gasteiger partial charge is 0.480 e. The van der Waals surface area contributed by atoms with Gasteiger partial charge in [0.05, 0.1) is 5.69 Å². The molecule has 3 aromatic rings. The SMILES string of the molecule is C#CCOP(O)(=S)n1cnc(C[C@H](NC(=O)OCC2c3ccccc3-c3ccccc32)C(=O)O)c1. The van der Waals surface area contributed by atoms with Gasteiger partial charge >= 0.3 is 12.1 Å². The summed E-state index contributed by atoms with van der Waals surface area (Å²) in [6.45, 7) is -3.55. The third-order valence-electron chi connectivity index (χ3n) is 5.58. The summed E-state index contributed by atoms with van der Waals surface area (Å²) in [4.78, 5) is 38.6. The minimum Gasteiger partial charge on any atom is -0.480 e. The number of hydrogen-bond donors (Lipinski definition) is 3. The molecule has 2 atom stereocenters. The van der Waals surface area contributed by atoms with Crippen LogP contribution in [0.25, 0.3) is 11.1 Å². The highest BCUT2D eigenvalue weighted by molar-refractivity contribution is 8.08. The van der Waals surface area contributed by atoms with Crippen molar-refractivity contribution in [2.45, 2.75) is 18.4 Å². The zero-order valence-corrected chi connectivity index (χ0v) is 20.1. The maximum absolute atomic E-state index is 12.5. The lowest BCUT2D eigenvalue weighted by atomic mass is 9.98. The number of carbonyl (C=O) groups excluding carboxylic acids is 1. The van der Waals surface area contributed by atoms with E-state index in [2.05, 4.69) is 16.2 Å². The fraction of sp³-hybridized carbons (Fsp3) is 0.208. The summed E-state index contributed by atoms with van der Waals surface area (Å²) in [5, 5.41) is 12.0. The zero-order chi connectivity index (χ0) is 25.0. The molecule has 1 aliphatic carbocycles. The number of aromatic nitrogens is 2. The number of terminal acetylenes is 1. The molecular weight excluding hydrogens is 489 g/mol. The number of carboxylic acid groups (broad SMARTS) is 1. The van der Waals surface area contributed by atoms with E-state index in [4.69, 9.17) is 27.5 Å². The van der Waals surface area contributed by atoms with Gasteiger partial charge in [0.1, 0.15) is 25.6 Å². The van der Waals surface area contributed by atoms with Crippen molar-refractivity contribution in [2.24, 2.45) is 0 Å². The van der Waals surface area contributed by atoms with Crippen LogP contribution in [-0.4, -0.2) is 50.6 Å². The number of rotatable bonds is 9. The molecule has 0 saturated heterocycles. The first-order valence-electron chi connectivity index (χ1n) is 10.6. The number of imidazole rings is 1. The van der Waals surface area contributed by atoms with Crippen LogP contribution in [0.2, 0.25) is 0 Å². The van der Waals surface area contributed by atoms with Crippen molar-refractivity contribution in [1.82, 2.24) is 14.6 Å². The van der Waals surface area contributed by atoms with Gasteiger partial charge in [-0.3, -0.25) is 4.34 Å². The number of aliphatic carboxylic acids is 1. The number of ether oxygens (including phenoxy) is 1. The van der Waals surface area contributed by atoms with E-state index in [9.17, 15) is 19.6 Å². The van der Waals surface area contributed by atoms with E-state index in [1.54, 1.807) is 0 Å². The molecule has 11 heteroatoms. The van der Waals surface area contributed by atoms with Gasteiger partial charge < -0.3 is 24.6 Å². The van der Waals surface area contributed by atoms with Crippen molar-refractivity contribution in [3.05, 3.63) is 77.9 Å². The summed E-state index contributed by atoms with van der Waals surface area (Å²) < 4.78 is 11.7. The molecule has 0 aliphatic heterocycles. The van der Waals surface area contributed by atoms with Crippen LogP contribution in [0.4, 0.5) is 4.79 Å². The Labute approximate surface area is 207 Å². The number of nitrogens with one attached hydrogen (secondary N) is 1. The first kappa shape index (κ1) is 24.6. The highest BCUT2D eigenvalue weighted by Crippen LogP contribution is 2.45. The Morgan fingerprint density at radius 3 is 2.43 bits per heavy atom. The second kappa shape index (κ2) is 10.4. The van der Waals surface area contributed by atoms with E-state index in [1.807, 2.05) is 48.5 Å². The van der Waals surface area contributed by atoms with Crippen molar-refractivity contribution in [1.29, 1.82) is 0 Å². The third-order valence-corrected chi connectivity index (χ3v) is 7.73. The van der Waals surface area contributed by atoms with Crippen molar-refractivity contribution >= 4 is 30.5 Å². The Balaban J connectivity index is 1.40. The van der Waals surface area contributed by atoms with Gasteiger partial charge in [-0.15, -0.1) is 6.42 Å². The number of nitrogens with zero attached hydrogens (tertiary/aromatic N) is 2. The molecule has 1 unspecified atom stereocenters. The predicted octanol–water partition coefficient (Wildman–Crippen LogP) is 3.13. The fourth-order valence-corrected chi connectivity index (χ4v) is 5.24. The van der Waals surface area contributed by atoms with Crippen LogP contribution < -0.4 is 5.32 Å². The highest BCUT2D eigenvalue weighted by atomic mass is 32.5. The topological polar surface area (TPSA) is 123 Å². The molecule has 3 N–H and O–H groups in total. The number of amides is 1. The van der Waals surface area contributed by atoms with Crippen LogP contribution in [0.5, 0.6) is 0 Å². The number of carbonyl (C=O) groups is 2. The van der Waals surface area contributed by atoms with Crippen LogP contribution in [0.3, 0.4) is 0 Å². The molecule has 0 radical (unpaired) electrons. The van der Waals surface area contributed by atoms with E-state index >= 15 is 0 Å². The Hall–Kier alpha value is -3.48. The molecule has 1 aromatic heterocycles. The predicted molar refractivity (Wildman–Crippen MR) is 132 cm³/mol. The molecule has 1 aliphatic rings. The van der Waals surface area contributed by atoms with Gasteiger partial charge in [0.25, 0.3) is 6.64 Å². The number of hydrogen-bond acceptors (Lipinski definition) is 6. The van der Waals surface area contributed by atoms with Gasteiger partial charge in [0, 0.05) is 18.5 Å². The van der Waals surface area contributed by atoms with Gasteiger partial charge in [0.2, 0.25) is 0 Å². The molecule has 1 heterocycles. The summed E-state index contributed by atoms with van der Waals surface area (Å²) in [6, 6.07) is 14.5. The normalized spacial score (nSPS) is 14.7. The van der Waals surface area contributed by atoms with Crippen molar-refractivity contribution < 1.29 is 28.8 Å². The number of benzene rings is 2. The molecule has 0 fully saturated rings. The molecular formula is C24H22N3O6PS. The van der Waals surface area contributed by atoms with E-state index < -0.39 is 24.7 Å². The van der Waals surface area contributed by atoms with Crippen LogP contribution in [-0.2, 0) is 32.3 Å². The third kappa shape index (κ3) is 5.45. The quantitative estimate of drug-likeness (QED) is 0.296. The summed E-state index contributed by atoms with van der Waals surface area (Å²) >= 11 is 5.03. The lowest BCUT2D eigenvalue weighted by Gasteiger charge is -2.17. The van der Waals surface area contributed by atoms with E-state index in [0.29, 0.717) is 0 Å². The second-order valence-corrected chi connectivity index (χ2v) is 10.9. The smallest absolute Gasteiger partial charge is 0.407 e. The van der Waals surface area contributed by atoms with Crippen LogP contribution in [0.1, 0.15) is 22.7 Å². The van der Waals surface area contributed by atoms with Crippen LogP contribution in [0, 0.1) is 12.3 Å². The van der Waals surface area contributed by atoms with Crippen LogP contribution >= 0.6 is 6.64 Å². The molecule has 2 aromatic carbocycles. The number of alkyl carbamates (subject to hydrolysis) is 1. The molecule has 1 amide bonds. The van der Waals surface area contributed by atoms with Crippen molar-refractivity contribution in [3.8, 4) is 23.5 Å². The summed E-state index contributed by atoms with van der Waals surface area (Å²) in [7, 11) is 0. The average Bonchev–Trinajstić information content (AvgIpc) is 3.44. The van der Waals surface area contributed by atoms with E-state index in [0.717, 1.165) is 22.3 Å². The minimum absolute atomic E-state index is 0.0564. The molecule has 0 saturated carbocycles. The Bertz CT molecular complexity index is 1310. The standard InChI is InChI=1S/C24H22N3O6PS/c1-2-11-33-34(31,35)27-13-16(25-15-27)12-22(23(28)29)26-24(30)32-14-21-19-9-5-3-7-17(19)18-8-4-6-10-20(18)21/h1,3-10,13,15,21-22H,11-12,14H2,(H,26,30)(H,28,29)(H,31,35)/t22-,34?/m0/s1. The Morgan fingerprint density at radius 2 is 1.83 bits per heavy atom. The average molecular weight is 511 g/mol. The van der Waals surface area contributed by atoms with Gasteiger partial charge in [-0.2, -0.15) is 0 Å². The van der Waals surface area contributed by atoms with E-state index in [-0.39, 0.29) is 31.2 Å². The number of carboxylic acids is 1. The first-order chi connectivity index (χ1) is 16.8. The van der Waals surface area contributed by atoms with Gasteiger partial charge in [-0.25, -0.2) is 14.6 Å². The summed E-state index contributed by atoms with van der Waals surface area (Å²) in [5.74, 6) is 0.805. The molecule has 0 spiro atoms. The first-order valence-corrected chi connectivity index (χ1v) is 13.2. The summed E-state index contributed by atoms with van der Waals surface area (Å²) in [6.07, 6.45) is 6.71. The maximum atomic E-state index is 12.5. The van der Waals surface area contributed by atoms with Crippen molar-refractivity contribution in [2.75, 3.05) is 13.2 Å². The molecule has 0 bridgehead atoms. The molecule has 9 nitrogen and oxygen atoms in total. The molecule has 4 rings (SSSR count). The van der Waals surface area contributed by atoms with E-state index in [1.165, 1.54) is 16.9 Å². The zero-order valence-electron chi connectivity index (χ0n) is 18.4. The second-order valence-electron chi connectivity index (χ2n) is 7.78. The minimum atomic E-state index is -3.43. The fourth-order valence-electron chi connectivity index (χ4n) is 3.98. The van der Waals surface area contributed by atoms with Crippen molar-refractivity contribution in [3.63, 3.8) is 0 Å². The van der Waals surface area contributed by atoms with Gasteiger partial charge in [-0.05, 0) is 34.1 Å². The van der Waals surface area contributed by atoms with Gasteiger partial charge in [-0.1, -0.05) is 54.5 Å². The number of fused-ring (bicyclic) bond motifs is 3. The Morgan fingerprint density at radius 1 is 1.20 bits per heavy atom. The lowest BCUT2D eigenvalue weighted by Crippen LogP contribution is -2.43. The monoisotopic (exact) mass is 511 g/mol. The van der Waals surface area contributed by atoms with Crippen LogP contribution in [0.15, 0.2) is 61.1 Å². The molecule has 180 valence electrons. The maximum Gasteiger partial charge on any atom is 0.407 e. The highest BCUT2D eigenvalue weighted by Gasteiger charge is 2.30. The Kier molecular flexibility index (Phi) is 7.34.